The number of aromatic nitrogens is 2. The number of rotatable bonds is 8. The molecule has 5 heteroatoms. The number of benzene rings is 2. The second kappa shape index (κ2) is 8.86. The van der Waals surface area contributed by atoms with E-state index in [1.165, 1.54) is 10.4 Å². The fourth-order valence-electron chi connectivity index (χ4n) is 3.69. The van der Waals surface area contributed by atoms with Gasteiger partial charge in [-0.1, -0.05) is 81.4 Å². The summed E-state index contributed by atoms with van der Waals surface area (Å²) in [6, 6.07) is 21.4. The minimum absolute atomic E-state index is 0.0381. The molecule has 148 valence electrons. The van der Waals surface area contributed by atoms with E-state index >= 15 is 0 Å². The number of hydrogen-bond donors (Lipinski definition) is 0. The maximum atomic E-state index is 6.89. The topological polar surface area (TPSA) is 36.3 Å². The summed E-state index contributed by atoms with van der Waals surface area (Å²) in [4.78, 5) is 4.52. The van der Waals surface area contributed by atoms with E-state index in [-0.39, 0.29) is 5.04 Å². The molecule has 0 atom stereocenters. The summed E-state index contributed by atoms with van der Waals surface area (Å²) in [6.07, 6.45) is 3.81. The van der Waals surface area contributed by atoms with Crippen LogP contribution < -0.4 is 10.4 Å². The predicted octanol–water partition coefficient (Wildman–Crippen LogP) is 3.95. The molecule has 0 aliphatic carbocycles. The Labute approximate surface area is 169 Å². The average molecular weight is 395 g/mol. The van der Waals surface area contributed by atoms with Crippen LogP contribution in [-0.2, 0) is 22.5 Å². The van der Waals surface area contributed by atoms with Crippen LogP contribution in [0.25, 0.3) is 0 Å². The molecule has 3 aromatic rings. The Bertz CT molecular complexity index is 818. The number of hydrogen-bond acceptors (Lipinski definition) is 3. The Morgan fingerprint density at radius 1 is 0.929 bits per heavy atom. The number of ether oxygens (including phenoxy) is 1. The lowest BCUT2D eigenvalue weighted by Crippen LogP contribution is -2.66. The molecular weight excluding hydrogens is 364 g/mol. The first-order chi connectivity index (χ1) is 13.5. The first kappa shape index (κ1) is 20.5. The van der Waals surface area contributed by atoms with E-state index in [4.69, 9.17) is 9.16 Å². The Morgan fingerprint density at radius 3 is 2.00 bits per heavy atom. The van der Waals surface area contributed by atoms with Crippen molar-refractivity contribution in [3.05, 3.63) is 78.9 Å². The van der Waals surface area contributed by atoms with Crippen molar-refractivity contribution in [1.29, 1.82) is 0 Å². The molecule has 4 nitrogen and oxygen atoms in total. The van der Waals surface area contributed by atoms with Gasteiger partial charge >= 0.3 is 0 Å². The summed E-state index contributed by atoms with van der Waals surface area (Å²) in [6.45, 7) is 10.5. The van der Waals surface area contributed by atoms with Gasteiger partial charge in [0, 0.05) is 12.8 Å². The molecule has 0 N–H and O–H groups in total. The fraction of sp³-hybridized carbons (Fsp3) is 0.348. The van der Waals surface area contributed by atoms with Gasteiger partial charge in [-0.3, -0.25) is 0 Å². The van der Waals surface area contributed by atoms with Gasteiger partial charge in [-0.25, -0.2) is 4.98 Å². The van der Waals surface area contributed by atoms with Gasteiger partial charge < -0.3 is 13.7 Å². The highest BCUT2D eigenvalue weighted by Gasteiger charge is 2.50. The Hall–Kier alpha value is -2.21. The normalized spacial score (nSPS) is 12.3. The second-order valence-corrected chi connectivity index (χ2v) is 12.3. The molecule has 0 radical (unpaired) electrons. The molecule has 0 saturated carbocycles. The van der Waals surface area contributed by atoms with Crippen molar-refractivity contribution in [2.45, 2.75) is 46.1 Å². The summed E-state index contributed by atoms with van der Waals surface area (Å²) in [5.41, 5.74) is 0.924. The van der Waals surface area contributed by atoms with E-state index in [0.717, 1.165) is 5.69 Å². The summed E-state index contributed by atoms with van der Waals surface area (Å²) in [5, 5.41) is 2.52. The van der Waals surface area contributed by atoms with Crippen LogP contribution in [0, 0.1) is 0 Å². The van der Waals surface area contributed by atoms with Crippen molar-refractivity contribution in [2.75, 3.05) is 6.61 Å². The SMILES string of the molecule is CCOCn1cnc(CO[Si](c2ccccc2)(c2ccccc2)C(C)(C)C)c1. The predicted molar refractivity (Wildman–Crippen MR) is 116 cm³/mol. The van der Waals surface area contributed by atoms with E-state index in [0.29, 0.717) is 19.9 Å². The zero-order valence-electron chi connectivity index (χ0n) is 17.3. The molecule has 0 fully saturated rings. The zero-order chi connectivity index (χ0) is 20.0. The third kappa shape index (κ3) is 4.27. The molecule has 0 spiro atoms. The van der Waals surface area contributed by atoms with Crippen LogP contribution in [-0.4, -0.2) is 24.5 Å². The number of imidazole rings is 1. The summed E-state index contributed by atoms with van der Waals surface area (Å²) in [5.74, 6) is 0. The van der Waals surface area contributed by atoms with Crippen LogP contribution in [0.15, 0.2) is 73.2 Å². The Morgan fingerprint density at radius 2 is 1.50 bits per heavy atom. The quantitative estimate of drug-likeness (QED) is 0.543. The van der Waals surface area contributed by atoms with Gasteiger partial charge in [-0.2, -0.15) is 0 Å². The standard InChI is InChI=1S/C23H30N2O2Si/c1-5-26-19-25-16-20(24-18-25)17-27-28(23(2,3)4,21-12-8-6-9-13-21)22-14-10-7-11-15-22/h6-16,18H,5,17,19H2,1-4H3. The lowest BCUT2D eigenvalue weighted by atomic mass is 10.2. The molecule has 3 rings (SSSR count). The van der Waals surface area contributed by atoms with Gasteiger partial charge in [0.2, 0.25) is 0 Å². The third-order valence-corrected chi connectivity index (χ3v) is 9.97. The highest BCUT2D eigenvalue weighted by Crippen LogP contribution is 2.37. The van der Waals surface area contributed by atoms with Crippen LogP contribution in [0.3, 0.4) is 0 Å². The molecule has 1 heterocycles. The van der Waals surface area contributed by atoms with Gasteiger partial charge in [0.05, 0.1) is 18.6 Å². The molecule has 28 heavy (non-hydrogen) atoms. The van der Waals surface area contributed by atoms with Crippen molar-refractivity contribution >= 4 is 18.7 Å². The fourth-order valence-corrected chi connectivity index (χ4v) is 8.21. The van der Waals surface area contributed by atoms with Crippen molar-refractivity contribution in [3.8, 4) is 0 Å². The van der Waals surface area contributed by atoms with E-state index in [1.807, 2.05) is 17.7 Å². The monoisotopic (exact) mass is 394 g/mol. The first-order valence-electron chi connectivity index (χ1n) is 9.81. The third-order valence-electron chi connectivity index (χ3n) is 4.98. The molecule has 0 aliphatic rings. The van der Waals surface area contributed by atoms with E-state index in [2.05, 4.69) is 86.4 Å². The highest BCUT2D eigenvalue weighted by molar-refractivity contribution is 6.99. The molecule has 1 aromatic heterocycles. The maximum Gasteiger partial charge on any atom is 0.261 e. The van der Waals surface area contributed by atoms with E-state index < -0.39 is 8.32 Å². The molecule has 2 aromatic carbocycles. The molecule has 0 unspecified atom stereocenters. The second-order valence-electron chi connectivity index (χ2n) is 7.95. The van der Waals surface area contributed by atoms with Crippen molar-refractivity contribution in [1.82, 2.24) is 9.55 Å². The first-order valence-corrected chi connectivity index (χ1v) is 11.7. The molecule has 0 bridgehead atoms. The zero-order valence-corrected chi connectivity index (χ0v) is 18.3. The van der Waals surface area contributed by atoms with Crippen molar-refractivity contribution < 1.29 is 9.16 Å². The van der Waals surface area contributed by atoms with E-state index in [1.54, 1.807) is 6.33 Å². The van der Waals surface area contributed by atoms with Crippen LogP contribution >= 0.6 is 0 Å². The van der Waals surface area contributed by atoms with Gasteiger partial charge in [0.15, 0.2) is 0 Å². The summed E-state index contributed by atoms with van der Waals surface area (Å²) in [7, 11) is -2.53. The molecule has 0 aliphatic heterocycles. The van der Waals surface area contributed by atoms with Gasteiger partial charge in [0.1, 0.15) is 6.73 Å². The average Bonchev–Trinajstić information content (AvgIpc) is 3.15. The number of nitrogens with zero attached hydrogens (tertiary/aromatic N) is 2. The minimum atomic E-state index is -2.53. The lowest BCUT2D eigenvalue weighted by Gasteiger charge is -2.42. The lowest BCUT2D eigenvalue weighted by molar-refractivity contribution is 0.0876. The van der Waals surface area contributed by atoms with Crippen LogP contribution in [0.4, 0.5) is 0 Å². The van der Waals surface area contributed by atoms with E-state index in [9.17, 15) is 0 Å². The Kier molecular flexibility index (Phi) is 6.49. The van der Waals surface area contributed by atoms with Gasteiger partial charge in [-0.15, -0.1) is 0 Å². The van der Waals surface area contributed by atoms with Gasteiger partial charge in [-0.05, 0) is 22.3 Å². The summed E-state index contributed by atoms with van der Waals surface area (Å²) < 4.78 is 14.3. The van der Waals surface area contributed by atoms with Gasteiger partial charge in [0.25, 0.3) is 8.32 Å². The maximum absolute atomic E-state index is 6.89. The minimum Gasteiger partial charge on any atom is -0.401 e. The van der Waals surface area contributed by atoms with Crippen molar-refractivity contribution in [2.24, 2.45) is 0 Å². The Balaban J connectivity index is 1.98. The van der Waals surface area contributed by atoms with Crippen LogP contribution in [0.2, 0.25) is 5.04 Å². The van der Waals surface area contributed by atoms with Crippen molar-refractivity contribution in [3.63, 3.8) is 0 Å². The van der Waals surface area contributed by atoms with Crippen LogP contribution in [0.5, 0.6) is 0 Å². The smallest absolute Gasteiger partial charge is 0.261 e. The molecule has 0 saturated heterocycles. The molecule has 0 amide bonds. The highest BCUT2D eigenvalue weighted by atomic mass is 28.4. The molecular formula is C23H30N2O2Si. The largest absolute Gasteiger partial charge is 0.401 e. The van der Waals surface area contributed by atoms with Crippen LogP contribution in [0.1, 0.15) is 33.4 Å². The summed E-state index contributed by atoms with van der Waals surface area (Å²) >= 11 is 0.